The SMILES string of the molecule is COc1nc(C)cc(=O)n1CCCn1ccc(N)n1. The van der Waals surface area contributed by atoms with Crippen molar-refractivity contribution >= 4 is 5.82 Å². The van der Waals surface area contributed by atoms with Crippen LogP contribution < -0.4 is 16.0 Å². The van der Waals surface area contributed by atoms with Crippen LogP contribution in [-0.2, 0) is 13.1 Å². The summed E-state index contributed by atoms with van der Waals surface area (Å²) in [6, 6.07) is 3.57. The van der Waals surface area contributed by atoms with Crippen LogP contribution >= 0.6 is 0 Å². The number of nitrogens with two attached hydrogens (primary N) is 1. The minimum Gasteiger partial charge on any atom is -0.468 e. The van der Waals surface area contributed by atoms with Gasteiger partial charge in [-0.25, -0.2) is 4.98 Å². The number of methoxy groups -OCH3 is 1. The third-order valence-corrected chi connectivity index (χ3v) is 2.71. The first-order valence-electron chi connectivity index (χ1n) is 6.01. The van der Waals surface area contributed by atoms with E-state index in [2.05, 4.69) is 10.1 Å². The van der Waals surface area contributed by atoms with Crippen LogP contribution in [0.25, 0.3) is 0 Å². The van der Waals surface area contributed by atoms with E-state index in [0.717, 1.165) is 6.42 Å². The zero-order valence-corrected chi connectivity index (χ0v) is 11.0. The number of aromatic nitrogens is 4. The maximum atomic E-state index is 11.9. The Hall–Kier alpha value is -2.31. The second kappa shape index (κ2) is 5.55. The van der Waals surface area contributed by atoms with Gasteiger partial charge in [0.25, 0.3) is 11.6 Å². The van der Waals surface area contributed by atoms with Crippen LogP contribution in [0.3, 0.4) is 0 Å². The van der Waals surface area contributed by atoms with Gasteiger partial charge in [0.1, 0.15) is 5.82 Å². The highest BCUT2D eigenvalue weighted by Crippen LogP contribution is 2.06. The van der Waals surface area contributed by atoms with E-state index in [-0.39, 0.29) is 5.56 Å². The fourth-order valence-corrected chi connectivity index (χ4v) is 1.85. The molecule has 2 aromatic rings. The van der Waals surface area contributed by atoms with Gasteiger partial charge in [-0.1, -0.05) is 0 Å². The third-order valence-electron chi connectivity index (χ3n) is 2.71. The Bertz CT molecular complexity index is 617. The lowest BCUT2D eigenvalue weighted by atomic mass is 10.4. The van der Waals surface area contributed by atoms with Crippen molar-refractivity contribution in [3.8, 4) is 6.01 Å². The molecule has 7 heteroatoms. The molecule has 0 aliphatic heterocycles. The lowest BCUT2D eigenvalue weighted by molar-refractivity contribution is 0.339. The van der Waals surface area contributed by atoms with Gasteiger partial charge in [0.15, 0.2) is 0 Å². The first-order chi connectivity index (χ1) is 9.10. The van der Waals surface area contributed by atoms with Gasteiger partial charge in [0.2, 0.25) is 0 Å². The summed E-state index contributed by atoms with van der Waals surface area (Å²) in [7, 11) is 1.51. The van der Waals surface area contributed by atoms with Crippen molar-refractivity contribution in [2.24, 2.45) is 0 Å². The maximum Gasteiger partial charge on any atom is 0.299 e. The summed E-state index contributed by atoms with van der Waals surface area (Å²) in [5, 5.41) is 4.08. The Labute approximate surface area is 110 Å². The molecule has 2 aromatic heterocycles. The van der Waals surface area contributed by atoms with Crippen molar-refractivity contribution in [3.05, 3.63) is 34.4 Å². The van der Waals surface area contributed by atoms with Crippen LogP contribution in [0.4, 0.5) is 5.82 Å². The largest absolute Gasteiger partial charge is 0.468 e. The summed E-state index contributed by atoms with van der Waals surface area (Å²) < 4.78 is 8.38. The summed E-state index contributed by atoms with van der Waals surface area (Å²) in [6.07, 6.45) is 2.55. The van der Waals surface area contributed by atoms with Gasteiger partial charge in [0, 0.05) is 31.0 Å². The van der Waals surface area contributed by atoms with Crippen molar-refractivity contribution in [3.63, 3.8) is 0 Å². The minimum atomic E-state index is -0.107. The summed E-state index contributed by atoms with van der Waals surface area (Å²) in [5.74, 6) is 0.492. The standard InChI is InChI=1S/C12H17N5O2/c1-9-8-11(18)17(12(14-9)19-2)6-3-5-16-7-4-10(13)15-16/h4,7-8H,3,5-6H2,1-2H3,(H2,13,15). The average molecular weight is 263 g/mol. The molecule has 0 saturated carbocycles. The van der Waals surface area contributed by atoms with E-state index in [0.29, 0.717) is 30.6 Å². The predicted octanol–water partition coefficient (Wildman–Crippen LogP) is 0.429. The van der Waals surface area contributed by atoms with Gasteiger partial charge in [-0.2, -0.15) is 5.10 Å². The fourth-order valence-electron chi connectivity index (χ4n) is 1.85. The molecule has 0 bridgehead atoms. The molecule has 2 heterocycles. The van der Waals surface area contributed by atoms with Gasteiger partial charge in [-0.05, 0) is 19.4 Å². The van der Waals surface area contributed by atoms with E-state index in [9.17, 15) is 4.79 Å². The molecule has 2 N–H and O–H groups in total. The summed E-state index contributed by atoms with van der Waals surface area (Å²) in [6.45, 7) is 2.97. The summed E-state index contributed by atoms with van der Waals surface area (Å²) in [5.41, 5.74) is 6.07. The number of hydrogen-bond acceptors (Lipinski definition) is 5. The van der Waals surface area contributed by atoms with Crippen molar-refractivity contribution in [1.29, 1.82) is 0 Å². The topological polar surface area (TPSA) is 88.0 Å². The smallest absolute Gasteiger partial charge is 0.299 e. The van der Waals surface area contributed by atoms with Gasteiger partial charge in [-0.3, -0.25) is 14.0 Å². The van der Waals surface area contributed by atoms with Gasteiger partial charge < -0.3 is 10.5 Å². The molecule has 0 atom stereocenters. The van der Waals surface area contributed by atoms with E-state index >= 15 is 0 Å². The Balaban J connectivity index is 2.05. The number of rotatable bonds is 5. The zero-order chi connectivity index (χ0) is 13.8. The average Bonchev–Trinajstić information content (AvgIpc) is 2.77. The van der Waals surface area contributed by atoms with Crippen molar-refractivity contribution in [2.75, 3.05) is 12.8 Å². The highest BCUT2D eigenvalue weighted by atomic mass is 16.5. The molecular formula is C12H17N5O2. The van der Waals surface area contributed by atoms with Crippen molar-refractivity contribution in [1.82, 2.24) is 19.3 Å². The molecule has 0 saturated heterocycles. The number of hydrogen-bond donors (Lipinski definition) is 1. The molecule has 7 nitrogen and oxygen atoms in total. The van der Waals surface area contributed by atoms with Crippen LogP contribution in [0.5, 0.6) is 6.01 Å². The number of aryl methyl sites for hydroxylation is 2. The van der Waals surface area contributed by atoms with Gasteiger partial charge in [0.05, 0.1) is 7.11 Å². The Morgan fingerprint density at radius 1 is 1.42 bits per heavy atom. The number of nitrogen functional groups attached to an aromatic ring is 1. The predicted molar refractivity (Wildman–Crippen MR) is 71.0 cm³/mol. The molecule has 0 amide bonds. The molecule has 102 valence electrons. The second-order valence-electron chi connectivity index (χ2n) is 4.23. The molecule has 0 aromatic carbocycles. The van der Waals surface area contributed by atoms with Gasteiger partial charge >= 0.3 is 0 Å². The highest BCUT2D eigenvalue weighted by Gasteiger charge is 2.07. The van der Waals surface area contributed by atoms with E-state index in [1.807, 2.05) is 6.20 Å². The first kappa shape index (κ1) is 13.1. The second-order valence-corrected chi connectivity index (χ2v) is 4.23. The van der Waals surface area contributed by atoms with Crippen LogP contribution in [-0.4, -0.2) is 26.4 Å². The first-order valence-corrected chi connectivity index (χ1v) is 6.01. The monoisotopic (exact) mass is 263 g/mol. The van der Waals surface area contributed by atoms with Crippen LogP contribution in [0.2, 0.25) is 0 Å². The van der Waals surface area contributed by atoms with E-state index < -0.39 is 0 Å². The quantitative estimate of drug-likeness (QED) is 0.845. The lowest BCUT2D eigenvalue weighted by Crippen LogP contribution is -2.23. The van der Waals surface area contributed by atoms with E-state index in [1.165, 1.54) is 17.7 Å². The van der Waals surface area contributed by atoms with Crippen LogP contribution in [0.1, 0.15) is 12.1 Å². The molecule has 0 aliphatic carbocycles. The normalized spacial score (nSPS) is 10.6. The molecular weight excluding hydrogens is 246 g/mol. The van der Waals surface area contributed by atoms with E-state index in [4.69, 9.17) is 10.5 Å². The number of ether oxygens (including phenoxy) is 1. The Morgan fingerprint density at radius 3 is 2.84 bits per heavy atom. The van der Waals surface area contributed by atoms with Crippen LogP contribution in [0.15, 0.2) is 23.1 Å². The Kier molecular flexibility index (Phi) is 3.84. The maximum absolute atomic E-state index is 11.9. The Morgan fingerprint density at radius 2 is 2.21 bits per heavy atom. The minimum absolute atomic E-state index is 0.107. The van der Waals surface area contributed by atoms with Crippen molar-refractivity contribution in [2.45, 2.75) is 26.4 Å². The molecule has 19 heavy (non-hydrogen) atoms. The molecule has 2 rings (SSSR count). The fraction of sp³-hybridized carbons (Fsp3) is 0.417. The van der Waals surface area contributed by atoms with Gasteiger partial charge in [-0.15, -0.1) is 0 Å². The third kappa shape index (κ3) is 3.12. The molecule has 0 spiro atoms. The lowest BCUT2D eigenvalue weighted by Gasteiger charge is -2.10. The van der Waals surface area contributed by atoms with Crippen molar-refractivity contribution < 1.29 is 4.74 Å². The highest BCUT2D eigenvalue weighted by molar-refractivity contribution is 5.23. The molecule has 0 radical (unpaired) electrons. The van der Waals surface area contributed by atoms with Crippen LogP contribution in [0, 0.1) is 6.92 Å². The number of nitrogens with zero attached hydrogens (tertiary/aromatic N) is 4. The molecule has 0 aliphatic rings. The summed E-state index contributed by atoms with van der Waals surface area (Å²) >= 11 is 0. The van der Waals surface area contributed by atoms with E-state index in [1.54, 1.807) is 17.7 Å². The molecule has 0 unspecified atom stereocenters. The summed E-state index contributed by atoms with van der Waals surface area (Å²) in [4.78, 5) is 16.0. The zero-order valence-electron chi connectivity index (χ0n) is 11.0. The number of anilines is 1. The molecule has 0 fully saturated rings.